The van der Waals surface area contributed by atoms with E-state index in [1.165, 1.54) is 0 Å². The number of nitrogens with zero attached hydrogens (tertiary/aromatic N) is 3. The number of ether oxygens (including phenoxy) is 2. The quantitative estimate of drug-likeness (QED) is 0.345. The Kier molecular flexibility index (Phi) is 8.30. The average molecular weight is 566 g/mol. The van der Waals surface area contributed by atoms with Gasteiger partial charge in [-0.15, -0.1) is 0 Å². The van der Waals surface area contributed by atoms with Gasteiger partial charge in [0.15, 0.2) is 0 Å². The predicted molar refractivity (Wildman–Crippen MR) is 155 cm³/mol. The average Bonchev–Trinajstić information content (AvgIpc) is 3.20. The van der Waals surface area contributed by atoms with Crippen molar-refractivity contribution >= 4 is 23.4 Å². The van der Waals surface area contributed by atoms with E-state index in [-0.39, 0.29) is 30.4 Å². The zero-order chi connectivity index (χ0) is 29.4. The summed E-state index contributed by atoms with van der Waals surface area (Å²) in [6.45, 7) is 9.56. The van der Waals surface area contributed by atoms with Crippen LogP contribution < -0.4 is 9.64 Å². The lowest BCUT2D eigenvalue weighted by atomic mass is 9.74. The number of likely N-dealkylation sites (tertiary alicyclic amines) is 1. The SMILES string of the molecule is CCCC(C)N1CC=C[C@]23O[C@]4(C)C=CCN(c5ccc(OCC)cc5)C(=O)[C@@H]4[C@H]2C(=O)N(CCCCO)C3C1=O. The van der Waals surface area contributed by atoms with Gasteiger partial charge in [-0.2, -0.15) is 0 Å². The highest BCUT2D eigenvalue weighted by Crippen LogP contribution is 2.57. The molecule has 5 rings (SSSR count). The first-order valence-electron chi connectivity index (χ1n) is 15.0. The third-order valence-corrected chi connectivity index (χ3v) is 9.09. The van der Waals surface area contributed by atoms with Gasteiger partial charge in [0.05, 0.1) is 24.0 Å². The number of hydrogen-bond donors (Lipinski definition) is 1. The molecule has 4 aliphatic heterocycles. The molecule has 1 N–H and O–H groups in total. The van der Waals surface area contributed by atoms with Gasteiger partial charge in [0.1, 0.15) is 17.4 Å². The van der Waals surface area contributed by atoms with Crippen LogP contribution in [0.2, 0.25) is 0 Å². The van der Waals surface area contributed by atoms with Crippen LogP contribution in [0.3, 0.4) is 0 Å². The number of carbonyl (C=O) groups excluding carboxylic acids is 3. The van der Waals surface area contributed by atoms with Gasteiger partial charge in [0.2, 0.25) is 17.7 Å². The molecule has 2 saturated heterocycles. The highest BCUT2D eigenvalue weighted by Gasteiger charge is 2.74. The Bertz CT molecular complexity index is 1210. The van der Waals surface area contributed by atoms with E-state index in [0.29, 0.717) is 44.8 Å². The third kappa shape index (κ3) is 4.87. The molecular formula is C32H43N3O6. The van der Waals surface area contributed by atoms with Gasteiger partial charge >= 0.3 is 0 Å². The number of aliphatic hydroxyl groups excluding tert-OH is 1. The Morgan fingerprint density at radius 2 is 1.73 bits per heavy atom. The molecule has 6 atom stereocenters. The number of aliphatic hydroxyl groups is 1. The van der Waals surface area contributed by atoms with E-state index in [4.69, 9.17) is 9.47 Å². The molecule has 4 aliphatic rings. The smallest absolute Gasteiger partial charge is 0.249 e. The van der Waals surface area contributed by atoms with Crippen molar-refractivity contribution in [3.63, 3.8) is 0 Å². The molecule has 9 heteroatoms. The number of fused-ring (bicyclic) bond motifs is 2. The maximum Gasteiger partial charge on any atom is 0.249 e. The van der Waals surface area contributed by atoms with Crippen LogP contribution in [-0.2, 0) is 19.1 Å². The Morgan fingerprint density at radius 3 is 2.41 bits per heavy atom. The minimum absolute atomic E-state index is 0.000102. The fourth-order valence-corrected chi connectivity index (χ4v) is 7.26. The van der Waals surface area contributed by atoms with E-state index in [9.17, 15) is 19.5 Å². The van der Waals surface area contributed by atoms with Crippen molar-refractivity contribution in [2.24, 2.45) is 11.8 Å². The fraction of sp³-hybridized carbons (Fsp3) is 0.594. The number of rotatable bonds is 10. The van der Waals surface area contributed by atoms with Gasteiger partial charge in [0.25, 0.3) is 0 Å². The summed E-state index contributed by atoms with van der Waals surface area (Å²) in [6.07, 6.45) is 10.5. The molecule has 0 aromatic heterocycles. The van der Waals surface area contributed by atoms with E-state index in [0.717, 1.165) is 18.6 Å². The topological polar surface area (TPSA) is 99.6 Å². The molecular weight excluding hydrogens is 522 g/mol. The molecule has 9 nitrogen and oxygen atoms in total. The largest absolute Gasteiger partial charge is 0.494 e. The van der Waals surface area contributed by atoms with Crippen LogP contribution in [0.15, 0.2) is 48.6 Å². The van der Waals surface area contributed by atoms with Gasteiger partial charge in [0, 0.05) is 38.0 Å². The number of unbranched alkanes of at least 4 members (excludes halogenated alkanes) is 1. The molecule has 0 aliphatic carbocycles. The molecule has 2 fully saturated rings. The molecule has 1 aromatic rings. The molecule has 0 saturated carbocycles. The highest BCUT2D eigenvalue weighted by atomic mass is 16.5. The first-order chi connectivity index (χ1) is 19.7. The molecule has 41 heavy (non-hydrogen) atoms. The summed E-state index contributed by atoms with van der Waals surface area (Å²) in [5.74, 6) is -1.53. The normalized spacial score (nSPS) is 31.6. The van der Waals surface area contributed by atoms with Gasteiger partial charge in [-0.1, -0.05) is 37.6 Å². The van der Waals surface area contributed by atoms with E-state index >= 15 is 0 Å². The van der Waals surface area contributed by atoms with E-state index in [1.54, 1.807) is 9.80 Å². The Labute approximate surface area is 242 Å². The Balaban J connectivity index is 1.56. The molecule has 3 amide bonds. The summed E-state index contributed by atoms with van der Waals surface area (Å²) in [6, 6.07) is 6.51. The van der Waals surface area contributed by atoms with Crippen LogP contribution >= 0.6 is 0 Å². The Hall–Kier alpha value is -3.17. The van der Waals surface area contributed by atoms with E-state index in [1.807, 2.05) is 74.2 Å². The highest BCUT2D eigenvalue weighted by molar-refractivity contribution is 6.04. The van der Waals surface area contributed by atoms with Crippen LogP contribution in [0.25, 0.3) is 0 Å². The summed E-state index contributed by atoms with van der Waals surface area (Å²) in [5, 5.41) is 9.43. The predicted octanol–water partition coefficient (Wildman–Crippen LogP) is 3.32. The molecule has 2 unspecified atom stereocenters. The monoisotopic (exact) mass is 565 g/mol. The molecule has 222 valence electrons. The number of hydrogen-bond acceptors (Lipinski definition) is 6. The fourth-order valence-electron chi connectivity index (χ4n) is 7.26. The molecule has 0 radical (unpaired) electrons. The van der Waals surface area contributed by atoms with Gasteiger partial charge in [-0.25, -0.2) is 0 Å². The van der Waals surface area contributed by atoms with Crippen LogP contribution in [-0.4, -0.2) is 88.8 Å². The second-order valence-electron chi connectivity index (χ2n) is 11.8. The lowest BCUT2D eigenvalue weighted by Crippen LogP contribution is -2.57. The van der Waals surface area contributed by atoms with Gasteiger partial charge in [-0.05, 0) is 64.3 Å². The Morgan fingerprint density at radius 1 is 1.00 bits per heavy atom. The van der Waals surface area contributed by atoms with Crippen molar-refractivity contribution in [1.82, 2.24) is 9.80 Å². The lowest BCUT2D eigenvalue weighted by molar-refractivity contribution is -0.152. The zero-order valence-electron chi connectivity index (χ0n) is 24.6. The van der Waals surface area contributed by atoms with Gasteiger partial charge < -0.3 is 29.3 Å². The van der Waals surface area contributed by atoms with E-state index in [2.05, 4.69) is 6.92 Å². The number of benzene rings is 1. The van der Waals surface area contributed by atoms with Crippen LogP contribution in [0, 0.1) is 11.8 Å². The number of carbonyl (C=O) groups is 3. The first-order valence-corrected chi connectivity index (χ1v) is 15.0. The zero-order valence-corrected chi connectivity index (χ0v) is 24.6. The van der Waals surface area contributed by atoms with Crippen molar-refractivity contribution < 1.29 is 29.0 Å². The maximum absolute atomic E-state index is 14.4. The molecule has 1 spiro atoms. The van der Waals surface area contributed by atoms with Gasteiger partial charge in [-0.3, -0.25) is 14.4 Å². The summed E-state index contributed by atoms with van der Waals surface area (Å²) in [4.78, 5) is 48.3. The van der Waals surface area contributed by atoms with Crippen molar-refractivity contribution in [3.05, 3.63) is 48.6 Å². The summed E-state index contributed by atoms with van der Waals surface area (Å²) >= 11 is 0. The molecule has 4 heterocycles. The van der Waals surface area contributed by atoms with Crippen molar-refractivity contribution in [2.45, 2.75) is 76.7 Å². The number of amides is 3. The van der Waals surface area contributed by atoms with Crippen molar-refractivity contribution in [2.75, 3.05) is 37.7 Å². The second-order valence-corrected chi connectivity index (χ2v) is 11.8. The summed E-state index contributed by atoms with van der Waals surface area (Å²) in [5.41, 5.74) is -1.63. The summed E-state index contributed by atoms with van der Waals surface area (Å²) in [7, 11) is 0. The standard InChI is InChI=1S/C32H43N3O6/c1-5-11-22(3)33-19-10-17-32-26(29(38)35(18-7-8-21-36)27(32)30(33)39)25-28(37)34(20-9-16-31(25,4)41-32)23-12-14-24(15-13-23)40-6-2/h9-10,12-17,22,25-27,36H,5-8,11,18-21H2,1-4H3/t22?,25-,26-,27?,31+,32-/m0/s1. The van der Waals surface area contributed by atoms with Crippen molar-refractivity contribution in [3.8, 4) is 5.75 Å². The second kappa shape index (κ2) is 11.6. The maximum atomic E-state index is 14.4. The third-order valence-electron chi connectivity index (χ3n) is 9.09. The van der Waals surface area contributed by atoms with Crippen LogP contribution in [0.5, 0.6) is 5.75 Å². The minimum Gasteiger partial charge on any atom is -0.494 e. The van der Waals surface area contributed by atoms with E-state index < -0.39 is 29.1 Å². The molecule has 0 bridgehead atoms. The first kappa shape index (κ1) is 29.3. The minimum atomic E-state index is -1.27. The van der Waals surface area contributed by atoms with Crippen LogP contribution in [0.4, 0.5) is 5.69 Å². The van der Waals surface area contributed by atoms with Crippen molar-refractivity contribution in [1.29, 1.82) is 0 Å². The molecule has 1 aromatic carbocycles. The summed E-state index contributed by atoms with van der Waals surface area (Å²) < 4.78 is 12.5. The lowest BCUT2D eigenvalue weighted by Gasteiger charge is -2.38. The van der Waals surface area contributed by atoms with Crippen LogP contribution in [0.1, 0.15) is 53.4 Å². The number of anilines is 1.